The Morgan fingerprint density at radius 1 is 0.489 bits per heavy atom. The summed E-state index contributed by atoms with van der Waals surface area (Å²) in [5, 5.41) is 0. The Morgan fingerprint density at radius 2 is 0.766 bits per heavy atom. The van der Waals surface area contributed by atoms with Crippen LogP contribution < -0.4 is 19.3 Å². The fraction of sp³-hybridized carbons (Fsp3) is 0.0857. The summed E-state index contributed by atoms with van der Waals surface area (Å²) < 4.78 is 15.2. The third-order valence-corrected chi connectivity index (χ3v) is 10.0. The van der Waals surface area contributed by atoms with Crippen LogP contribution in [0.4, 0.5) is 11.4 Å². The maximum Gasteiger partial charge on any atom is 0.258 e. The highest BCUT2D eigenvalue weighted by Gasteiger charge is 2.29. The van der Waals surface area contributed by atoms with Crippen LogP contribution >= 0.6 is 63.7 Å². The van der Waals surface area contributed by atoms with Gasteiger partial charge < -0.3 is 9.47 Å². The standard InChI is InChI=1S/C35H22Br4N2O6/c1-35(2,19-15-25(36)33(26(37)16-19)46-23-7-3-21(4-8-23)40-29(42)11-12-30(40)43)20-17-27(38)34(28(39)18-20)47-24-9-5-22(6-10-24)41-31(44)13-14-32(41)45/h3-18H,1-2H3. The molecule has 0 N–H and O–H groups in total. The molecule has 4 aromatic rings. The Labute approximate surface area is 303 Å². The van der Waals surface area contributed by atoms with Gasteiger partial charge in [-0.3, -0.25) is 19.2 Å². The molecule has 4 amide bonds. The lowest BCUT2D eigenvalue weighted by atomic mass is 9.78. The Balaban J connectivity index is 1.19. The summed E-state index contributed by atoms with van der Waals surface area (Å²) in [5.41, 5.74) is 2.47. The lowest BCUT2D eigenvalue weighted by Gasteiger charge is -2.28. The first kappa shape index (κ1) is 33.1. The van der Waals surface area contributed by atoms with Crippen LogP contribution in [0.3, 0.4) is 0 Å². The summed E-state index contributed by atoms with van der Waals surface area (Å²) in [6.45, 7) is 4.22. The molecule has 8 nitrogen and oxygen atoms in total. The van der Waals surface area contributed by atoms with Crippen molar-refractivity contribution in [3.05, 3.63) is 126 Å². The number of ether oxygens (including phenoxy) is 2. The molecule has 2 heterocycles. The van der Waals surface area contributed by atoms with Crippen LogP contribution in [0.25, 0.3) is 0 Å². The van der Waals surface area contributed by atoms with Gasteiger partial charge in [0.2, 0.25) is 0 Å². The minimum atomic E-state index is -0.456. The van der Waals surface area contributed by atoms with Crippen LogP contribution in [0.15, 0.2) is 115 Å². The lowest BCUT2D eigenvalue weighted by Crippen LogP contribution is -2.29. The third-order valence-electron chi connectivity index (χ3n) is 7.69. The predicted molar refractivity (Wildman–Crippen MR) is 192 cm³/mol. The van der Waals surface area contributed by atoms with Gasteiger partial charge in [-0.25, -0.2) is 9.80 Å². The Bertz CT molecular complexity index is 1810. The van der Waals surface area contributed by atoms with E-state index in [1.165, 1.54) is 24.3 Å². The molecule has 0 spiro atoms. The zero-order chi connectivity index (χ0) is 33.6. The summed E-state index contributed by atoms with van der Waals surface area (Å²) in [6.07, 6.45) is 4.98. The number of hydrogen-bond donors (Lipinski definition) is 0. The molecule has 0 aromatic heterocycles. The number of nitrogens with zero attached hydrogens (tertiary/aromatic N) is 2. The van der Waals surface area contributed by atoms with Gasteiger partial charge in [-0.05, 0) is 148 Å². The Kier molecular flexibility index (Phi) is 9.14. The topological polar surface area (TPSA) is 93.2 Å². The third kappa shape index (κ3) is 6.52. The number of hydrogen-bond acceptors (Lipinski definition) is 6. The van der Waals surface area contributed by atoms with Crippen LogP contribution in [0.2, 0.25) is 0 Å². The highest BCUT2D eigenvalue weighted by molar-refractivity contribution is 9.11. The molecule has 2 aliphatic heterocycles. The van der Waals surface area contributed by atoms with Crippen molar-refractivity contribution in [1.29, 1.82) is 0 Å². The van der Waals surface area contributed by atoms with Gasteiger partial charge in [-0.15, -0.1) is 0 Å². The molecule has 0 aliphatic carbocycles. The van der Waals surface area contributed by atoms with Gasteiger partial charge >= 0.3 is 0 Å². The van der Waals surface area contributed by atoms with Crippen molar-refractivity contribution in [3.8, 4) is 23.0 Å². The van der Waals surface area contributed by atoms with Crippen molar-refractivity contribution in [1.82, 2.24) is 0 Å². The van der Waals surface area contributed by atoms with Gasteiger partial charge in [0, 0.05) is 29.7 Å². The van der Waals surface area contributed by atoms with Gasteiger partial charge in [0.1, 0.15) is 11.5 Å². The fourth-order valence-corrected chi connectivity index (χ4v) is 7.77. The highest BCUT2D eigenvalue weighted by Crippen LogP contribution is 2.46. The smallest absolute Gasteiger partial charge is 0.258 e. The summed E-state index contributed by atoms with van der Waals surface area (Å²) in [7, 11) is 0. The van der Waals surface area contributed by atoms with E-state index in [0.717, 1.165) is 38.8 Å². The van der Waals surface area contributed by atoms with E-state index in [4.69, 9.17) is 9.47 Å². The van der Waals surface area contributed by atoms with Crippen LogP contribution in [-0.2, 0) is 24.6 Å². The zero-order valence-corrected chi connectivity index (χ0v) is 30.9. The zero-order valence-electron chi connectivity index (χ0n) is 24.6. The molecule has 0 saturated heterocycles. The Hall–Kier alpha value is -3.84. The van der Waals surface area contributed by atoms with Gasteiger partial charge in [-0.1, -0.05) is 13.8 Å². The van der Waals surface area contributed by atoms with Crippen molar-refractivity contribution in [2.24, 2.45) is 0 Å². The van der Waals surface area contributed by atoms with Crippen molar-refractivity contribution >= 4 is 98.7 Å². The molecule has 236 valence electrons. The monoisotopic (exact) mass is 882 g/mol. The maximum absolute atomic E-state index is 12.0. The van der Waals surface area contributed by atoms with E-state index in [1.807, 2.05) is 24.3 Å². The number of halogens is 4. The second-order valence-electron chi connectivity index (χ2n) is 11.0. The summed E-state index contributed by atoms with van der Waals surface area (Å²) in [6, 6.07) is 21.4. The number of anilines is 2. The largest absolute Gasteiger partial charge is 0.455 e. The van der Waals surface area contributed by atoms with Gasteiger partial charge in [-0.2, -0.15) is 0 Å². The first-order valence-corrected chi connectivity index (χ1v) is 17.2. The van der Waals surface area contributed by atoms with Crippen LogP contribution in [-0.4, -0.2) is 23.6 Å². The number of benzene rings is 4. The first-order chi connectivity index (χ1) is 22.3. The summed E-state index contributed by atoms with van der Waals surface area (Å²) >= 11 is 14.7. The molecule has 0 atom stereocenters. The molecule has 0 fully saturated rings. The van der Waals surface area contributed by atoms with E-state index >= 15 is 0 Å². The van der Waals surface area contributed by atoms with E-state index in [0.29, 0.717) is 34.4 Å². The normalized spacial score (nSPS) is 14.5. The Morgan fingerprint density at radius 3 is 1.04 bits per heavy atom. The van der Waals surface area contributed by atoms with Crippen molar-refractivity contribution in [2.75, 3.05) is 9.80 Å². The molecule has 0 unspecified atom stereocenters. The fourth-order valence-electron chi connectivity index (χ4n) is 5.07. The quantitative estimate of drug-likeness (QED) is 0.164. The highest BCUT2D eigenvalue weighted by atomic mass is 79.9. The molecule has 4 aromatic carbocycles. The minimum Gasteiger partial charge on any atom is -0.455 e. The predicted octanol–water partition coefficient (Wildman–Crippen LogP) is 9.51. The van der Waals surface area contributed by atoms with Crippen LogP contribution in [0, 0.1) is 0 Å². The summed E-state index contributed by atoms with van der Waals surface area (Å²) in [4.78, 5) is 50.2. The molecule has 2 aliphatic rings. The molecule has 47 heavy (non-hydrogen) atoms. The molecular formula is C35H22Br4N2O6. The van der Waals surface area contributed by atoms with Gasteiger partial charge in [0.05, 0.1) is 29.3 Å². The molecular weight excluding hydrogens is 864 g/mol. The van der Waals surface area contributed by atoms with E-state index in [9.17, 15) is 19.2 Å². The molecule has 0 saturated carbocycles. The maximum atomic E-state index is 12.0. The van der Waals surface area contributed by atoms with Crippen LogP contribution in [0.5, 0.6) is 23.0 Å². The van der Waals surface area contributed by atoms with Crippen molar-refractivity contribution < 1.29 is 28.7 Å². The van der Waals surface area contributed by atoms with Gasteiger partial charge in [0.15, 0.2) is 11.5 Å². The van der Waals surface area contributed by atoms with Gasteiger partial charge in [0.25, 0.3) is 23.6 Å². The van der Waals surface area contributed by atoms with E-state index in [2.05, 4.69) is 77.6 Å². The van der Waals surface area contributed by atoms with Crippen LogP contribution in [0.1, 0.15) is 25.0 Å². The molecule has 0 radical (unpaired) electrons. The molecule has 12 heteroatoms. The molecule has 0 bridgehead atoms. The number of rotatable bonds is 8. The summed E-state index contributed by atoms with van der Waals surface area (Å²) in [5.74, 6) is 0.673. The van der Waals surface area contributed by atoms with E-state index in [1.54, 1.807) is 48.5 Å². The SMILES string of the molecule is CC(C)(c1cc(Br)c(Oc2ccc(N3C(=O)C=CC3=O)cc2)c(Br)c1)c1cc(Br)c(Oc2ccc(N3C(=O)C=CC3=O)cc2)c(Br)c1. The molecule has 6 rings (SSSR count). The number of carbonyl (C=O) groups excluding carboxylic acids is 4. The number of imide groups is 2. The second-order valence-corrected chi connectivity index (χ2v) is 14.5. The average molecular weight is 886 g/mol. The average Bonchev–Trinajstić information content (AvgIpc) is 3.55. The first-order valence-electron chi connectivity index (χ1n) is 14.0. The van der Waals surface area contributed by atoms with E-state index in [-0.39, 0.29) is 23.6 Å². The minimum absolute atomic E-state index is 0.381. The number of carbonyl (C=O) groups is 4. The van der Waals surface area contributed by atoms with E-state index < -0.39 is 5.41 Å². The van der Waals surface area contributed by atoms with Crippen molar-refractivity contribution in [2.45, 2.75) is 19.3 Å². The lowest BCUT2D eigenvalue weighted by molar-refractivity contribution is -0.121. The second kappa shape index (κ2) is 13.0. The van der Waals surface area contributed by atoms with Crippen molar-refractivity contribution in [3.63, 3.8) is 0 Å². The number of amides is 4.